The summed E-state index contributed by atoms with van der Waals surface area (Å²) in [6, 6.07) is 15.2. The molecule has 0 aliphatic rings. The Morgan fingerprint density at radius 3 is 2.67 bits per heavy atom. The third-order valence-electron chi connectivity index (χ3n) is 3.30. The summed E-state index contributed by atoms with van der Waals surface area (Å²) in [6.45, 7) is 1.88. The van der Waals surface area contributed by atoms with Crippen molar-refractivity contribution in [2.75, 3.05) is 0 Å². The van der Waals surface area contributed by atoms with Gasteiger partial charge in [0.15, 0.2) is 0 Å². The van der Waals surface area contributed by atoms with Crippen molar-refractivity contribution in [2.24, 2.45) is 5.92 Å². The van der Waals surface area contributed by atoms with E-state index in [1.807, 2.05) is 49.4 Å². The van der Waals surface area contributed by atoms with E-state index < -0.39 is 5.92 Å². The molecule has 0 radical (unpaired) electrons. The molecule has 0 saturated carbocycles. The van der Waals surface area contributed by atoms with E-state index in [1.165, 1.54) is 0 Å². The van der Waals surface area contributed by atoms with Crippen LogP contribution in [0.5, 0.6) is 0 Å². The first-order valence-electron chi connectivity index (χ1n) is 6.84. The fourth-order valence-electron chi connectivity index (χ4n) is 2.08. The number of nitrogens with one attached hydrogen (secondary N) is 1. The van der Waals surface area contributed by atoms with Crippen LogP contribution >= 0.6 is 0 Å². The summed E-state index contributed by atoms with van der Waals surface area (Å²) in [5.74, 6) is -0.941. The second kappa shape index (κ2) is 7.20. The lowest BCUT2D eigenvalue weighted by molar-refractivity contribution is -0.124. The number of pyridine rings is 1. The van der Waals surface area contributed by atoms with Crippen molar-refractivity contribution in [3.8, 4) is 6.07 Å². The van der Waals surface area contributed by atoms with Crippen LogP contribution in [-0.4, -0.2) is 10.9 Å². The van der Waals surface area contributed by atoms with Crippen molar-refractivity contribution < 1.29 is 4.79 Å². The van der Waals surface area contributed by atoms with Crippen LogP contribution < -0.4 is 5.32 Å². The van der Waals surface area contributed by atoms with Gasteiger partial charge in [-0.3, -0.25) is 9.78 Å². The zero-order valence-corrected chi connectivity index (χ0v) is 11.9. The predicted octanol–water partition coefficient (Wildman–Crippen LogP) is 2.64. The number of rotatable bonds is 5. The van der Waals surface area contributed by atoms with Gasteiger partial charge in [-0.25, -0.2) is 0 Å². The third kappa shape index (κ3) is 4.15. The van der Waals surface area contributed by atoms with Crippen LogP contribution in [0.25, 0.3) is 0 Å². The maximum absolute atomic E-state index is 12.2. The van der Waals surface area contributed by atoms with Crippen LogP contribution in [0.3, 0.4) is 0 Å². The van der Waals surface area contributed by atoms with Crippen molar-refractivity contribution in [1.82, 2.24) is 10.3 Å². The fraction of sp³-hybridized carbons (Fsp3) is 0.235. The van der Waals surface area contributed by atoms with Gasteiger partial charge in [-0.2, -0.15) is 5.26 Å². The molecule has 4 nitrogen and oxygen atoms in total. The monoisotopic (exact) mass is 279 g/mol. The van der Waals surface area contributed by atoms with Crippen LogP contribution in [0.2, 0.25) is 0 Å². The average molecular weight is 279 g/mol. The quantitative estimate of drug-likeness (QED) is 0.915. The number of carbonyl (C=O) groups is 1. The van der Waals surface area contributed by atoms with Crippen LogP contribution in [-0.2, 0) is 11.2 Å². The Labute approximate surface area is 124 Å². The first-order chi connectivity index (χ1) is 10.2. The standard InChI is InChI=1S/C17H17N3O/c1-13(15-8-5-9-19-12-15)20-17(21)16(11-18)10-14-6-3-2-4-7-14/h2-9,12-13,16H,10H2,1H3,(H,20,21). The van der Waals surface area contributed by atoms with E-state index in [0.717, 1.165) is 11.1 Å². The maximum atomic E-state index is 12.2. The Balaban J connectivity index is 1.99. The lowest BCUT2D eigenvalue weighted by Gasteiger charge is -2.16. The van der Waals surface area contributed by atoms with Gasteiger partial charge in [0.1, 0.15) is 5.92 Å². The van der Waals surface area contributed by atoms with Gasteiger partial charge < -0.3 is 5.32 Å². The summed E-state index contributed by atoms with van der Waals surface area (Å²) in [7, 11) is 0. The van der Waals surface area contributed by atoms with Crippen molar-refractivity contribution in [3.05, 3.63) is 66.0 Å². The van der Waals surface area contributed by atoms with E-state index >= 15 is 0 Å². The summed E-state index contributed by atoms with van der Waals surface area (Å²) in [4.78, 5) is 16.2. The number of aromatic nitrogens is 1. The van der Waals surface area contributed by atoms with Crippen LogP contribution in [0.15, 0.2) is 54.9 Å². The molecule has 2 aromatic rings. The highest BCUT2D eigenvalue weighted by Crippen LogP contribution is 2.13. The Kier molecular flexibility index (Phi) is 5.05. The van der Waals surface area contributed by atoms with Crippen molar-refractivity contribution in [3.63, 3.8) is 0 Å². The van der Waals surface area contributed by atoms with Gasteiger partial charge >= 0.3 is 0 Å². The fourth-order valence-corrected chi connectivity index (χ4v) is 2.08. The molecule has 1 aromatic carbocycles. The van der Waals surface area contributed by atoms with E-state index in [1.54, 1.807) is 12.4 Å². The zero-order chi connectivity index (χ0) is 15.1. The molecule has 2 rings (SSSR count). The molecular formula is C17H17N3O. The van der Waals surface area contributed by atoms with Crippen molar-refractivity contribution in [2.45, 2.75) is 19.4 Å². The van der Waals surface area contributed by atoms with Gasteiger partial charge in [0.25, 0.3) is 0 Å². The maximum Gasteiger partial charge on any atom is 0.238 e. The van der Waals surface area contributed by atoms with Gasteiger partial charge in [-0.1, -0.05) is 36.4 Å². The number of hydrogen-bond donors (Lipinski definition) is 1. The molecule has 2 atom stereocenters. The van der Waals surface area contributed by atoms with E-state index in [9.17, 15) is 10.1 Å². The zero-order valence-electron chi connectivity index (χ0n) is 11.9. The number of benzene rings is 1. The normalized spacial score (nSPS) is 13.0. The molecule has 2 unspecified atom stereocenters. The van der Waals surface area contributed by atoms with E-state index in [0.29, 0.717) is 6.42 Å². The first-order valence-corrected chi connectivity index (χ1v) is 6.84. The summed E-state index contributed by atoms with van der Waals surface area (Å²) in [6.07, 6.45) is 3.82. The lowest BCUT2D eigenvalue weighted by atomic mass is 9.99. The van der Waals surface area contributed by atoms with Gasteiger partial charge in [-0.05, 0) is 30.5 Å². The minimum Gasteiger partial charge on any atom is -0.348 e. The molecule has 1 heterocycles. The minimum absolute atomic E-state index is 0.169. The highest BCUT2D eigenvalue weighted by Gasteiger charge is 2.20. The molecule has 0 bridgehead atoms. The molecule has 1 amide bonds. The smallest absolute Gasteiger partial charge is 0.238 e. The molecule has 0 saturated heterocycles. The molecule has 0 fully saturated rings. The largest absolute Gasteiger partial charge is 0.348 e. The second-order valence-corrected chi connectivity index (χ2v) is 4.89. The Morgan fingerprint density at radius 1 is 1.29 bits per heavy atom. The van der Waals surface area contributed by atoms with Gasteiger partial charge in [0, 0.05) is 12.4 Å². The number of carbonyl (C=O) groups excluding carboxylic acids is 1. The number of nitrogens with zero attached hydrogens (tertiary/aromatic N) is 2. The van der Waals surface area contributed by atoms with E-state index in [4.69, 9.17) is 0 Å². The molecule has 1 aromatic heterocycles. The summed E-state index contributed by atoms with van der Waals surface area (Å²) < 4.78 is 0. The number of amides is 1. The second-order valence-electron chi connectivity index (χ2n) is 4.89. The average Bonchev–Trinajstić information content (AvgIpc) is 2.54. The SMILES string of the molecule is CC(NC(=O)C(C#N)Cc1ccccc1)c1cccnc1. The van der Waals surface area contributed by atoms with Crippen LogP contribution in [0.4, 0.5) is 0 Å². The highest BCUT2D eigenvalue weighted by atomic mass is 16.1. The van der Waals surface area contributed by atoms with Gasteiger partial charge in [0.2, 0.25) is 5.91 Å². The molecule has 0 spiro atoms. The lowest BCUT2D eigenvalue weighted by Crippen LogP contribution is -2.33. The van der Waals surface area contributed by atoms with E-state index in [-0.39, 0.29) is 11.9 Å². The van der Waals surface area contributed by atoms with Gasteiger partial charge in [0.05, 0.1) is 12.1 Å². The van der Waals surface area contributed by atoms with Crippen LogP contribution in [0.1, 0.15) is 24.1 Å². The molecule has 0 aliphatic carbocycles. The van der Waals surface area contributed by atoms with E-state index in [2.05, 4.69) is 16.4 Å². The Hall–Kier alpha value is -2.67. The summed E-state index contributed by atoms with van der Waals surface area (Å²) in [5.41, 5.74) is 1.90. The third-order valence-corrected chi connectivity index (χ3v) is 3.30. The molecule has 0 aliphatic heterocycles. The summed E-state index contributed by atoms with van der Waals surface area (Å²) >= 11 is 0. The molecule has 1 N–H and O–H groups in total. The Morgan fingerprint density at radius 2 is 2.05 bits per heavy atom. The minimum atomic E-state index is -0.688. The molecule has 4 heteroatoms. The van der Waals surface area contributed by atoms with Crippen molar-refractivity contribution >= 4 is 5.91 Å². The molecular weight excluding hydrogens is 262 g/mol. The summed E-state index contributed by atoms with van der Waals surface area (Å²) in [5, 5.41) is 12.1. The number of nitriles is 1. The Bertz CT molecular complexity index is 619. The predicted molar refractivity (Wildman–Crippen MR) is 80.0 cm³/mol. The topological polar surface area (TPSA) is 65.8 Å². The van der Waals surface area contributed by atoms with Crippen LogP contribution in [0, 0.1) is 17.2 Å². The molecule has 21 heavy (non-hydrogen) atoms. The number of hydrogen-bond acceptors (Lipinski definition) is 3. The molecule has 106 valence electrons. The highest BCUT2D eigenvalue weighted by molar-refractivity contribution is 5.81. The van der Waals surface area contributed by atoms with Gasteiger partial charge in [-0.15, -0.1) is 0 Å². The first kappa shape index (κ1) is 14.7. The van der Waals surface area contributed by atoms with Crippen molar-refractivity contribution in [1.29, 1.82) is 5.26 Å².